The van der Waals surface area contributed by atoms with E-state index in [9.17, 15) is 0 Å². The molecule has 0 saturated heterocycles. The highest BCUT2D eigenvalue weighted by Gasteiger charge is 2.21. The van der Waals surface area contributed by atoms with Gasteiger partial charge in [0.2, 0.25) is 0 Å². The Morgan fingerprint density at radius 1 is 0.585 bits per heavy atom. The number of allylic oxidation sites excluding steroid dienone is 6. The first kappa shape index (κ1) is 34.7. The minimum Gasteiger partial charge on any atom is -0.265 e. The third-order valence-electron chi connectivity index (χ3n) is 9.37. The predicted octanol–water partition coefficient (Wildman–Crippen LogP) is 12.9. The lowest BCUT2D eigenvalue weighted by Crippen LogP contribution is -2.05. The first-order chi connectivity index (χ1) is 26.1. The van der Waals surface area contributed by atoms with Crippen LogP contribution in [0.4, 0.5) is 0 Å². The zero-order chi connectivity index (χ0) is 36.7. The van der Waals surface area contributed by atoms with Gasteiger partial charge >= 0.3 is 0 Å². The maximum Gasteiger partial charge on any atom is 0.164 e. The fraction of sp³-hybridized carbons (Fsp3) is 0.0612. The van der Waals surface area contributed by atoms with E-state index in [0.717, 1.165) is 49.5 Å². The van der Waals surface area contributed by atoms with Gasteiger partial charge in [-0.15, -0.1) is 6.58 Å². The summed E-state index contributed by atoms with van der Waals surface area (Å²) in [6, 6.07) is 36.5. The molecule has 0 unspecified atom stereocenters. The SMILES string of the molecule is C=C/C=C\C=C/Cc1nc(-c2c(C)c(C=C)c(-c3ccncc3)c3ccccc23)nc(-c2cccc3c2ccc2cc4ccccc4cc23)n1.C=CC. The van der Waals surface area contributed by atoms with Crippen LogP contribution in [0.2, 0.25) is 0 Å². The van der Waals surface area contributed by atoms with Gasteiger partial charge in [-0.2, -0.15) is 0 Å². The number of rotatable bonds is 8. The van der Waals surface area contributed by atoms with E-state index >= 15 is 0 Å². The van der Waals surface area contributed by atoms with Crippen LogP contribution in [0.3, 0.4) is 0 Å². The minimum atomic E-state index is 0.546. The highest BCUT2D eigenvalue weighted by atomic mass is 15.0. The third-order valence-corrected chi connectivity index (χ3v) is 9.37. The molecule has 0 aliphatic carbocycles. The van der Waals surface area contributed by atoms with Gasteiger partial charge in [-0.05, 0) is 103 Å². The maximum absolute atomic E-state index is 5.28. The number of hydrogen-bond acceptors (Lipinski definition) is 4. The van der Waals surface area contributed by atoms with E-state index in [0.29, 0.717) is 23.9 Å². The van der Waals surface area contributed by atoms with Gasteiger partial charge in [-0.3, -0.25) is 4.98 Å². The Bertz CT molecular complexity index is 2720. The van der Waals surface area contributed by atoms with Crippen molar-refractivity contribution in [2.24, 2.45) is 0 Å². The predicted molar refractivity (Wildman–Crippen MR) is 227 cm³/mol. The Morgan fingerprint density at radius 3 is 2.00 bits per heavy atom. The molecule has 2 aromatic heterocycles. The molecule has 6 aromatic carbocycles. The number of aromatic nitrogens is 4. The molecule has 2 heterocycles. The molecule has 0 radical (unpaired) electrons. The molecule has 0 spiro atoms. The van der Waals surface area contributed by atoms with Crippen LogP contribution >= 0.6 is 0 Å². The summed E-state index contributed by atoms with van der Waals surface area (Å²) in [5, 5.41) is 9.31. The topological polar surface area (TPSA) is 51.6 Å². The standard InChI is InChI=1S/C46H34N4.C3H6/c1-4-6-7-8-9-21-42-48-45(40-20-14-19-36-37(40)23-22-34-28-32-15-10-11-16-33(32)29-41(34)36)50-46(49-42)43-30(3)35(5-2)44(31-24-26-47-27-25-31)39-18-13-12-17-38(39)43;1-3-2/h4-20,22-29H,1-2,21H2,3H3;3H,1H2,2H3/b7-6-,9-8-;. The molecule has 0 saturated carbocycles. The maximum atomic E-state index is 5.28. The lowest BCUT2D eigenvalue weighted by molar-refractivity contribution is 0.948. The van der Waals surface area contributed by atoms with Crippen molar-refractivity contribution in [3.05, 3.63) is 189 Å². The van der Waals surface area contributed by atoms with Gasteiger partial charge in [-0.1, -0.05) is 135 Å². The number of hydrogen-bond donors (Lipinski definition) is 0. The average molecular weight is 685 g/mol. The molecule has 8 rings (SSSR count). The van der Waals surface area contributed by atoms with Crippen LogP contribution in [0.15, 0.2) is 172 Å². The van der Waals surface area contributed by atoms with Crippen molar-refractivity contribution in [1.29, 1.82) is 0 Å². The molecule has 0 aliphatic rings. The molecule has 53 heavy (non-hydrogen) atoms. The van der Waals surface area contributed by atoms with Crippen molar-refractivity contribution < 1.29 is 0 Å². The summed E-state index contributed by atoms with van der Waals surface area (Å²) in [7, 11) is 0. The van der Waals surface area contributed by atoms with Gasteiger partial charge < -0.3 is 0 Å². The van der Waals surface area contributed by atoms with E-state index in [1.807, 2.05) is 55.8 Å². The number of fused-ring (bicyclic) bond motifs is 5. The molecule has 4 heteroatoms. The molecule has 0 fully saturated rings. The Labute approximate surface area is 311 Å². The number of benzene rings is 6. The number of nitrogens with zero attached hydrogens (tertiary/aromatic N) is 4. The smallest absolute Gasteiger partial charge is 0.164 e. The van der Waals surface area contributed by atoms with Crippen LogP contribution in [0.5, 0.6) is 0 Å². The lowest BCUT2D eigenvalue weighted by Gasteiger charge is -2.19. The molecule has 256 valence electrons. The Balaban J connectivity index is 0.00000140. The Kier molecular flexibility index (Phi) is 10.2. The van der Waals surface area contributed by atoms with Gasteiger partial charge in [0.25, 0.3) is 0 Å². The molecule has 0 aliphatic heterocycles. The van der Waals surface area contributed by atoms with Gasteiger partial charge in [0.15, 0.2) is 11.6 Å². The van der Waals surface area contributed by atoms with Crippen molar-refractivity contribution >= 4 is 49.2 Å². The second-order valence-electron chi connectivity index (χ2n) is 12.7. The first-order valence-electron chi connectivity index (χ1n) is 17.8. The second-order valence-corrected chi connectivity index (χ2v) is 12.7. The monoisotopic (exact) mass is 684 g/mol. The van der Waals surface area contributed by atoms with E-state index in [4.69, 9.17) is 15.0 Å². The molecule has 0 bridgehead atoms. The van der Waals surface area contributed by atoms with Gasteiger partial charge in [0, 0.05) is 29.9 Å². The van der Waals surface area contributed by atoms with Crippen LogP contribution in [0, 0.1) is 6.92 Å². The molecule has 0 amide bonds. The third kappa shape index (κ3) is 6.83. The fourth-order valence-electron chi connectivity index (χ4n) is 7.08. The van der Waals surface area contributed by atoms with E-state index in [1.165, 1.54) is 26.9 Å². The second kappa shape index (κ2) is 15.6. The van der Waals surface area contributed by atoms with Crippen molar-refractivity contribution in [3.63, 3.8) is 0 Å². The van der Waals surface area contributed by atoms with Crippen molar-refractivity contribution in [2.75, 3.05) is 0 Å². The van der Waals surface area contributed by atoms with Crippen LogP contribution in [-0.2, 0) is 6.42 Å². The zero-order valence-corrected chi connectivity index (χ0v) is 30.1. The number of pyridine rings is 1. The van der Waals surface area contributed by atoms with Crippen LogP contribution in [-0.4, -0.2) is 19.9 Å². The molecule has 8 aromatic rings. The lowest BCUT2D eigenvalue weighted by atomic mass is 9.86. The normalized spacial score (nSPS) is 11.4. The van der Waals surface area contributed by atoms with E-state index < -0.39 is 0 Å². The van der Waals surface area contributed by atoms with E-state index in [1.54, 1.807) is 12.2 Å². The molecular formula is C49H40N4. The Hall–Kier alpha value is -6.78. The molecule has 4 nitrogen and oxygen atoms in total. The van der Waals surface area contributed by atoms with E-state index in [2.05, 4.69) is 129 Å². The van der Waals surface area contributed by atoms with Gasteiger partial charge in [-0.25, -0.2) is 15.0 Å². The molecule has 0 N–H and O–H groups in total. The quantitative estimate of drug-likeness (QED) is 0.0692. The average Bonchev–Trinajstić information content (AvgIpc) is 3.19. The van der Waals surface area contributed by atoms with Crippen LogP contribution in [0.25, 0.3) is 83.1 Å². The summed E-state index contributed by atoms with van der Waals surface area (Å²) in [5.41, 5.74) is 6.27. The molecule has 0 atom stereocenters. The minimum absolute atomic E-state index is 0.546. The summed E-state index contributed by atoms with van der Waals surface area (Å²) in [4.78, 5) is 19.8. The zero-order valence-electron chi connectivity index (χ0n) is 30.1. The van der Waals surface area contributed by atoms with E-state index in [-0.39, 0.29) is 0 Å². The van der Waals surface area contributed by atoms with Gasteiger partial charge in [0.05, 0.1) is 0 Å². The first-order valence-corrected chi connectivity index (χ1v) is 17.8. The van der Waals surface area contributed by atoms with Gasteiger partial charge in [0.1, 0.15) is 5.82 Å². The van der Waals surface area contributed by atoms with Crippen molar-refractivity contribution in [1.82, 2.24) is 19.9 Å². The van der Waals surface area contributed by atoms with Crippen molar-refractivity contribution in [2.45, 2.75) is 20.3 Å². The van der Waals surface area contributed by atoms with Crippen molar-refractivity contribution in [3.8, 4) is 33.9 Å². The summed E-state index contributed by atoms with van der Waals surface area (Å²) >= 11 is 0. The summed E-state index contributed by atoms with van der Waals surface area (Å²) in [5.74, 6) is 1.98. The molecular weight excluding hydrogens is 645 g/mol. The Morgan fingerprint density at radius 2 is 1.26 bits per heavy atom. The highest BCUT2D eigenvalue weighted by molar-refractivity contribution is 6.15. The fourth-order valence-corrected chi connectivity index (χ4v) is 7.08. The highest BCUT2D eigenvalue weighted by Crippen LogP contribution is 2.42. The summed E-state index contributed by atoms with van der Waals surface area (Å²) in [6.07, 6.45) is 17.6. The largest absolute Gasteiger partial charge is 0.265 e. The van der Waals surface area contributed by atoms with Crippen LogP contribution in [0.1, 0.15) is 23.9 Å². The summed E-state index contributed by atoms with van der Waals surface area (Å²) in [6.45, 7) is 15.4. The van der Waals surface area contributed by atoms with Crippen LogP contribution < -0.4 is 0 Å². The summed E-state index contributed by atoms with van der Waals surface area (Å²) < 4.78 is 0.